The van der Waals surface area contributed by atoms with Gasteiger partial charge in [-0.25, -0.2) is 4.98 Å². The number of hydrogen-bond acceptors (Lipinski definition) is 1. The summed E-state index contributed by atoms with van der Waals surface area (Å²) in [5.74, 6) is 0. The van der Waals surface area contributed by atoms with Gasteiger partial charge in [-0.1, -0.05) is 41.9 Å². The molecule has 1 nitrogen and oxygen atoms in total. The van der Waals surface area contributed by atoms with Crippen molar-refractivity contribution < 1.29 is 0 Å². The third kappa shape index (κ3) is 1.52. The van der Waals surface area contributed by atoms with E-state index in [2.05, 4.69) is 41.4 Å². The third-order valence-electron chi connectivity index (χ3n) is 3.36. The van der Waals surface area contributed by atoms with Crippen molar-refractivity contribution >= 4 is 11.6 Å². The summed E-state index contributed by atoms with van der Waals surface area (Å²) < 4.78 is 0. The maximum Gasteiger partial charge on any atom is 0.129 e. The molecule has 1 heterocycles. The molecule has 1 aromatic carbocycles. The Morgan fingerprint density at radius 3 is 2.38 bits per heavy atom. The maximum atomic E-state index is 5.96. The smallest absolute Gasteiger partial charge is 0.129 e. The molecule has 0 radical (unpaired) electrons. The van der Waals surface area contributed by atoms with Crippen molar-refractivity contribution in [2.75, 3.05) is 0 Å². The first-order valence-electron chi connectivity index (χ1n) is 5.49. The van der Waals surface area contributed by atoms with E-state index >= 15 is 0 Å². The normalized spacial score (nSPS) is 17.1. The highest BCUT2D eigenvalue weighted by molar-refractivity contribution is 6.29. The lowest BCUT2D eigenvalue weighted by Crippen LogP contribution is -2.08. The molecule has 1 saturated carbocycles. The molecule has 1 fully saturated rings. The lowest BCUT2D eigenvalue weighted by atomic mass is 9.89. The maximum absolute atomic E-state index is 5.96. The number of hydrogen-bond donors (Lipinski definition) is 0. The molecule has 0 saturated heterocycles. The standard InChI is InChI=1S/C14H12ClN/c15-13-10-12(6-9-16-13)14(7-8-14)11-4-2-1-3-5-11/h1-6,9-10H,7-8H2. The number of nitrogens with zero attached hydrogens (tertiary/aromatic N) is 1. The van der Waals surface area contributed by atoms with Gasteiger partial charge in [0.05, 0.1) is 0 Å². The zero-order chi connectivity index (χ0) is 11.0. The topological polar surface area (TPSA) is 12.9 Å². The SMILES string of the molecule is Clc1cc(C2(c3ccccc3)CC2)ccn1. The second kappa shape index (κ2) is 3.60. The highest BCUT2D eigenvalue weighted by Gasteiger charge is 2.45. The first-order valence-corrected chi connectivity index (χ1v) is 5.87. The van der Waals surface area contributed by atoms with Crippen LogP contribution in [0.1, 0.15) is 24.0 Å². The van der Waals surface area contributed by atoms with Crippen molar-refractivity contribution in [3.05, 3.63) is 64.9 Å². The molecule has 1 aromatic heterocycles. The highest BCUT2D eigenvalue weighted by Crippen LogP contribution is 2.53. The minimum Gasteiger partial charge on any atom is -0.245 e. The van der Waals surface area contributed by atoms with Crippen LogP contribution in [0.3, 0.4) is 0 Å². The fraction of sp³-hybridized carbons (Fsp3) is 0.214. The van der Waals surface area contributed by atoms with E-state index in [-0.39, 0.29) is 5.41 Å². The molecule has 0 bridgehead atoms. The number of benzene rings is 1. The molecule has 2 aromatic rings. The monoisotopic (exact) mass is 229 g/mol. The van der Waals surface area contributed by atoms with Crippen molar-refractivity contribution in [3.8, 4) is 0 Å². The highest BCUT2D eigenvalue weighted by atomic mass is 35.5. The van der Waals surface area contributed by atoms with Crippen LogP contribution in [-0.2, 0) is 5.41 Å². The van der Waals surface area contributed by atoms with Crippen LogP contribution < -0.4 is 0 Å². The summed E-state index contributed by atoms with van der Waals surface area (Å²) in [4.78, 5) is 4.04. The summed E-state index contributed by atoms with van der Waals surface area (Å²) in [6, 6.07) is 14.7. The van der Waals surface area contributed by atoms with Gasteiger partial charge in [-0.2, -0.15) is 0 Å². The average Bonchev–Trinajstić information content (AvgIpc) is 3.11. The summed E-state index contributed by atoms with van der Waals surface area (Å²) >= 11 is 5.96. The van der Waals surface area contributed by atoms with Gasteiger partial charge in [0, 0.05) is 11.6 Å². The molecule has 1 aliphatic rings. The van der Waals surface area contributed by atoms with E-state index < -0.39 is 0 Å². The Bertz CT molecular complexity index is 503. The first kappa shape index (κ1) is 9.86. The number of pyridine rings is 1. The van der Waals surface area contributed by atoms with Crippen LogP contribution in [-0.4, -0.2) is 4.98 Å². The van der Waals surface area contributed by atoms with Crippen molar-refractivity contribution in [3.63, 3.8) is 0 Å². The van der Waals surface area contributed by atoms with Crippen LogP contribution in [0.4, 0.5) is 0 Å². The fourth-order valence-corrected chi connectivity index (χ4v) is 2.50. The lowest BCUT2D eigenvalue weighted by molar-refractivity contribution is 0.844. The molecule has 0 N–H and O–H groups in total. The van der Waals surface area contributed by atoms with Crippen LogP contribution >= 0.6 is 11.6 Å². The molecule has 3 rings (SSSR count). The first-order chi connectivity index (χ1) is 7.81. The van der Waals surface area contributed by atoms with Crippen molar-refractivity contribution in [1.29, 1.82) is 0 Å². The molecule has 2 heteroatoms. The minimum absolute atomic E-state index is 0.202. The van der Waals surface area contributed by atoms with Crippen molar-refractivity contribution in [2.24, 2.45) is 0 Å². The van der Waals surface area contributed by atoms with Gasteiger partial charge < -0.3 is 0 Å². The van der Waals surface area contributed by atoms with Gasteiger partial charge in [-0.05, 0) is 36.1 Å². The number of aromatic nitrogens is 1. The van der Waals surface area contributed by atoms with Gasteiger partial charge in [-0.15, -0.1) is 0 Å². The molecule has 1 aliphatic carbocycles. The van der Waals surface area contributed by atoms with Gasteiger partial charge in [0.25, 0.3) is 0 Å². The summed E-state index contributed by atoms with van der Waals surface area (Å²) in [6.07, 6.45) is 4.20. The van der Waals surface area contributed by atoms with Crippen LogP contribution in [0.2, 0.25) is 5.15 Å². The summed E-state index contributed by atoms with van der Waals surface area (Å²) in [5, 5.41) is 0.583. The zero-order valence-corrected chi connectivity index (χ0v) is 9.61. The fourth-order valence-electron chi connectivity index (χ4n) is 2.33. The predicted molar refractivity (Wildman–Crippen MR) is 65.7 cm³/mol. The van der Waals surface area contributed by atoms with E-state index in [0.717, 1.165) is 0 Å². The van der Waals surface area contributed by atoms with Gasteiger partial charge in [-0.3, -0.25) is 0 Å². The number of halogens is 1. The van der Waals surface area contributed by atoms with Crippen molar-refractivity contribution in [1.82, 2.24) is 4.98 Å². The molecule has 0 spiro atoms. The summed E-state index contributed by atoms with van der Waals surface area (Å²) in [5.41, 5.74) is 2.88. The molecular formula is C14H12ClN. The van der Waals surface area contributed by atoms with Gasteiger partial charge >= 0.3 is 0 Å². The Morgan fingerprint density at radius 1 is 1.00 bits per heavy atom. The Kier molecular flexibility index (Phi) is 2.22. The largest absolute Gasteiger partial charge is 0.245 e. The van der Waals surface area contributed by atoms with E-state index in [0.29, 0.717) is 5.15 Å². The third-order valence-corrected chi connectivity index (χ3v) is 3.56. The second-order valence-corrected chi connectivity index (χ2v) is 4.70. The molecule has 0 unspecified atom stereocenters. The Morgan fingerprint density at radius 2 is 1.75 bits per heavy atom. The molecule has 16 heavy (non-hydrogen) atoms. The summed E-state index contributed by atoms with van der Waals surface area (Å²) in [7, 11) is 0. The van der Waals surface area contributed by atoms with Crippen LogP contribution in [0.25, 0.3) is 0 Å². The molecule has 80 valence electrons. The van der Waals surface area contributed by atoms with Crippen LogP contribution in [0.5, 0.6) is 0 Å². The molecule has 0 aliphatic heterocycles. The minimum atomic E-state index is 0.202. The van der Waals surface area contributed by atoms with Crippen molar-refractivity contribution in [2.45, 2.75) is 18.3 Å². The van der Waals surface area contributed by atoms with Gasteiger partial charge in [0.2, 0.25) is 0 Å². The van der Waals surface area contributed by atoms with Crippen LogP contribution in [0.15, 0.2) is 48.7 Å². The van der Waals surface area contributed by atoms with Gasteiger partial charge in [0.15, 0.2) is 0 Å². The van der Waals surface area contributed by atoms with Crippen LogP contribution in [0, 0.1) is 0 Å². The van der Waals surface area contributed by atoms with Gasteiger partial charge in [0.1, 0.15) is 5.15 Å². The van der Waals surface area contributed by atoms with E-state index in [9.17, 15) is 0 Å². The Hall–Kier alpha value is -1.34. The summed E-state index contributed by atoms with van der Waals surface area (Å²) in [6.45, 7) is 0. The quantitative estimate of drug-likeness (QED) is 0.714. The Labute approximate surface area is 100 Å². The van der Waals surface area contributed by atoms with E-state index in [1.165, 1.54) is 24.0 Å². The molecule has 0 atom stereocenters. The Balaban J connectivity index is 2.07. The zero-order valence-electron chi connectivity index (χ0n) is 8.86. The average molecular weight is 230 g/mol. The van der Waals surface area contributed by atoms with E-state index in [1.807, 2.05) is 6.07 Å². The second-order valence-electron chi connectivity index (χ2n) is 4.32. The number of rotatable bonds is 2. The van der Waals surface area contributed by atoms with E-state index in [1.54, 1.807) is 6.20 Å². The lowest BCUT2D eigenvalue weighted by Gasteiger charge is -2.16. The predicted octanol–water partition coefficient (Wildman–Crippen LogP) is 3.81. The molecular weight excluding hydrogens is 218 g/mol. The van der Waals surface area contributed by atoms with E-state index in [4.69, 9.17) is 11.6 Å². The molecule has 0 amide bonds.